The van der Waals surface area contributed by atoms with Crippen LogP contribution in [0.25, 0.3) is 10.8 Å². The van der Waals surface area contributed by atoms with E-state index in [1.807, 2.05) is 19.1 Å². The lowest BCUT2D eigenvalue weighted by atomic mass is 10.00. The summed E-state index contributed by atoms with van der Waals surface area (Å²) in [6.07, 6.45) is 0.426. The largest absolute Gasteiger partial charge is 0.497 e. The number of hydrogen-bond donors (Lipinski definition) is 2. The Morgan fingerprint density at radius 1 is 1.14 bits per heavy atom. The molecule has 3 aromatic rings. The van der Waals surface area contributed by atoms with Crippen LogP contribution in [0.1, 0.15) is 17.0 Å². The fourth-order valence-corrected chi connectivity index (χ4v) is 4.16. The number of hydrogen-bond acceptors (Lipinski definition) is 5. The number of β-amino-alcohol motifs (C(OH)–C–C–N with tert-alkyl or cyclic N) is 1. The minimum absolute atomic E-state index is 0.179. The van der Waals surface area contributed by atoms with E-state index in [0.717, 1.165) is 58.7 Å². The molecule has 0 unspecified atom stereocenters. The molecule has 0 amide bonds. The van der Waals surface area contributed by atoms with E-state index in [2.05, 4.69) is 39.4 Å². The van der Waals surface area contributed by atoms with Gasteiger partial charge < -0.3 is 14.6 Å². The number of aromatic nitrogens is 2. The van der Waals surface area contributed by atoms with E-state index in [0.29, 0.717) is 6.54 Å². The molecule has 2 heterocycles. The van der Waals surface area contributed by atoms with Crippen LogP contribution in [0.15, 0.2) is 36.4 Å². The zero-order chi connectivity index (χ0) is 19.7. The number of methoxy groups -OCH3 is 2. The van der Waals surface area contributed by atoms with Crippen molar-refractivity contribution in [1.82, 2.24) is 15.1 Å². The maximum Gasteiger partial charge on any atom is 0.124 e. The van der Waals surface area contributed by atoms with Crippen LogP contribution in [-0.2, 0) is 13.0 Å². The summed E-state index contributed by atoms with van der Waals surface area (Å²) in [5.41, 5.74) is 3.19. The van der Waals surface area contributed by atoms with Gasteiger partial charge in [0.15, 0.2) is 0 Å². The normalized spacial score (nSPS) is 20.0. The Morgan fingerprint density at radius 2 is 1.96 bits per heavy atom. The van der Waals surface area contributed by atoms with Crippen LogP contribution in [0, 0.1) is 12.8 Å². The molecule has 148 valence electrons. The fourth-order valence-electron chi connectivity index (χ4n) is 4.16. The molecule has 0 radical (unpaired) electrons. The van der Waals surface area contributed by atoms with E-state index in [-0.39, 0.29) is 12.0 Å². The minimum Gasteiger partial charge on any atom is -0.497 e. The van der Waals surface area contributed by atoms with Crippen molar-refractivity contribution in [2.45, 2.75) is 26.0 Å². The average molecular weight is 381 g/mol. The van der Waals surface area contributed by atoms with Gasteiger partial charge in [-0.05, 0) is 48.4 Å². The summed E-state index contributed by atoms with van der Waals surface area (Å²) in [7, 11) is 3.38. The number of rotatable bonds is 6. The lowest BCUT2D eigenvalue weighted by Gasteiger charge is -2.19. The molecule has 1 aromatic heterocycles. The van der Waals surface area contributed by atoms with Crippen molar-refractivity contribution in [3.8, 4) is 11.5 Å². The summed E-state index contributed by atoms with van der Waals surface area (Å²) >= 11 is 0. The van der Waals surface area contributed by atoms with Gasteiger partial charge in [-0.3, -0.25) is 10.00 Å². The van der Waals surface area contributed by atoms with Crippen LogP contribution >= 0.6 is 0 Å². The van der Waals surface area contributed by atoms with E-state index in [9.17, 15) is 5.11 Å². The van der Waals surface area contributed by atoms with Crippen LogP contribution in [0.3, 0.4) is 0 Å². The topological polar surface area (TPSA) is 70.6 Å². The highest BCUT2D eigenvalue weighted by Gasteiger charge is 2.32. The number of aryl methyl sites for hydroxylation is 1. The van der Waals surface area contributed by atoms with E-state index in [1.54, 1.807) is 14.2 Å². The number of nitrogens with zero attached hydrogens (tertiary/aromatic N) is 2. The molecule has 2 N–H and O–H groups in total. The lowest BCUT2D eigenvalue weighted by Crippen LogP contribution is -2.22. The van der Waals surface area contributed by atoms with E-state index >= 15 is 0 Å². The van der Waals surface area contributed by atoms with Crippen molar-refractivity contribution in [2.24, 2.45) is 5.92 Å². The Kier molecular flexibility index (Phi) is 5.24. The number of likely N-dealkylation sites (tertiary alicyclic amines) is 1. The Hall–Kier alpha value is -2.57. The number of benzene rings is 2. The first-order chi connectivity index (χ1) is 13.6. The Labute approximate surface area is 165 Å². The molecule has 1 aliphatic heterocycles. The standard InChI is InChI=1S/C22H27N3O3/c1-14-8-17(24-23-14)9-16-11-25(13-21(16)26)12-20-19-10-18(27-2)6-4-15(19)5-7-22(20)28-3/h4-8,10,16,21,26H,9,11-13H2,1-3H3,(H,23,24)/t16-,21-/m1/s1. The van der Waals surface area contributed by atoms with Gasteiger partial charge in [-0.15, -0.1) is 0 Å². The Morgan fingerprint density at radius 3 is 2.68 bits per heavy atom. The predicted octanol–water partition coefficient (Wildman–Crippen LogP) is 2.92. The number of nitrogens with one attached hydrogen (secondary N) is 1. The van der Waals surface area contributed by atoms with Crippen LogP contribution in [-0.4, -0.2) is 53.6 Å². The van der Waals surface area contributed by atoms with Gasteiger partial charge in [-0.2, -0.15) is 5.10 Å². The van der Waals surface area contributed by atoms with Crippen molar-refractivity contribution < 1.29 is 14.6 Å². The van der Waals surface area contributed by atoms with Crippen molar-refractivity contribution in [1.29, 1.82) is 0 Å². The van der Waals surface area contributed by atoms with Crippen LogP contribution in [0.4, 0.5) is 0 Å². The zero-order valence-corrected chi connectivity index (χ0v) is 16.6. The second kappa shape index (κ2) is 7.81. The third-order valence-electron chi connectivity index (χ3n) is 5.61. The van der Waals surface area contributed by atoms with Crippen molar-refractivity contribution in [2.75, 3.05) is 27.3 Å². The average Bonchev–Trinajstić information content (AvgIpc) is 3.26. The Bertz CT molecular complexity index is 964. The van der Waals surface area contributed by atoms with Crippen LogP contribution in [0.5, 0.6) is 11.5 Å². The fraction of sp³-hybridized carbons (Fsp3) is 0.409. The van der Waals surface area contributed by atoms with E-state index in [4.69, 9.17) is 9.47 Å². The third-order valence-corrected chi connectivity index (χ3v) is 5.61. The second-order valence-electron chi connectivity index (χ2n) is 7.60. The Balaban J connectivity index is 1.57. The molecule has 28 heavy (non-hydrogen) atoms. The summed E-state index contributed by atoms with van der Waals surface area (Å²) in [4.78, 5) is 2.30. The van der Waals surface area contributed by atoms with Crippen LogP contribution in [0.2, 0.25) is 0 Å². The van der Waals surface area contributed by atoms with E-state index in [1.165, 1.54) is 0 Å². The summed E-state index contributed by atoms with van der Waals surface area (Å²) in [5.74, 6) is 1.87. The number of aliphatic hydroxyl groups is 1. The van der Waals surface area contributed by atoms with Gasteiger partial charge in [0.2, 0.25) is 0 Å². The summed E-state index contributed by atoms with van der Waals surface area (Å²) in [6, 6.07) is 12.2. The molecule has 0 bridgehead atoms. The first-order valence-corrected chi connectivity index (χ1v) is 9.62. The highest BCUT2D eigenvalue weighted by Crippen LogP contribution is 2.33. The minimum atomic E-state index is -0.354. The van der Waals surface area contributed by atoms with Gasteiger partial charge >= 0.3 is 0 Å². The maximum atomic E-state index is 10.6. The van der Waals surface area contributed by atoms with Crippen molar-refractivity contribution in [3.05, 3.63) is 53.3 Å². The molecule has 2 atom stereocenters. The van der Waals surface area contributed by atoms with Crippen LogP contribution < -0.4 is 9.47 Å². The van der Waals surface area contributed by atoms with Gasteiger partial charge in [0.25, 0.3) is 0 Å². The molecule has 0 aliphatic carbocycles. The molecule has 0 spiro atoms. The second-order valence-corrected chi connectivity index (χ2v) is 7.60. The first-order valence-electron chi connectivity index (χ1n) is 9.62. The molecule has 2 aromatic carbocycles. The molecule has 0 saturated carbocycles. The number of ether oxygens (including phenoxy) is 2. The molecular formula is C22H27N3O3. The number of aliphatic hydroxyl groups excluding tert-OH is 1. The molecule has 1 aliphatic rings. The predicted molar refractivity (Wildman–Crippen MR) is 109 cm³/mol. The quantitative estimate of drug-likeness (QED) is 0.687. The molecule has 1 fully saturated rings. The highest BCUT2D eigenvalue weighted by molar-refractivity contribution is 5.89. The highest BCUT2D eigenvalue weighted by atomic mass is 16.5. The van der Waals surface area contributed by atoms with Gasteiger partial charge in [0.1, 0.15) is 11.5 Å². The molecule has 6 heteroatoms. The maximum absolute atomic E-state index is 10.6. The van der Waals surface area contributed by atoms with Gasteiger partial charge in [-0.25, -0.2) is 0 Å². The molecular weight excluding hydrogens is 354 g/mol. The summed E-state index contributed by atoms with van der Waals surface area (Å²) in [5, 5.41) is 20.2. The third kappa shape index (κ3) is 3.70. The zero-order valence-electron chi connectivity index (χ0n) is 16.6. The number of aromatic amines is 1. The van der Waals surface area contributed by atoms with E-state index < -0.39 is 0 Å². The first kappa shape index (κ1) is 18.8. The molecule has 4 rings (SSSR count). The summed E-state index contributed by atoms with van der Waals surface area (Å²) in [6.45, 7) is 4.20. The number of H-pyrrole nitrogens is 1. The van der Waals surface area contributed by atoms with Crippen molar-refractivity contribution in [3.63, 3.8) is 0 Å². The lowest BCUT2D eigenvalue weighted by molar-refractivity contribution is 0.140. The van der Waals surface area contributed by atoms with Gasteiger partial charge in [0.05, 0.1) is 26.0 Å². The molecule has 6 nitrogen and oxygen atoms in total. The van der Waals surface area contributed by atoms with Gasteiger partial charge in [0, 0.05) is 36.8 Å². The number of fused-ring (bicyclic) bond motifs is 1. The van der Waals surface area contributed by atoms with Crippen molar-refractivity contribution >= 4 is 10.8 Å². The SMILES string of the molecule is COc1ccc2ccc(OC)c(CN3C[C@@H](Cc4cc(C)[nH]n4)[C@H](O)C3)c2c1. The summed E-state index contributed by atoms with van der Waals surface area (Å²) < 4.78 is 11.1. The van der Waals surface area contributed by atoms with Gasteiger partial charge in [-0.1, -0.05) is 12.1 Å². The monoisotopic (exact) mass is 381 g/mol. The molecule has 1 saturated heterocycles. The smallest absolute Gasteiger partial charge is 0.124 e.